The van der Waals surface area contributed by atoms with Crippen molar-refractivity contribution >= 4 is 12.1 Å². The summed E-state index contributed by atoms with van der Waals surface area (Å²) < 4.78 is 42.7. The molecule has 1 aromatic heterocycles. The monoisotopic (exact) mass is 396 g/mol. The third-order valence-corrected chi connectivity index (χ3v) is 6.33. The Bertz CT molecular complexity index is 821. The number of nitrogens with one attached hydrogen (secondary N) is 1. The van der Waals surface area contributed by atoms with E-state index in [1.807, 2.05) is 0 Å². The summed E-state index contributed by atoms with van der Waals surface area (Å²) in [5.41, 5.74) is -0.394. The van der Waals surface area contributed by atoms with Crippen LogP contribution in [0, 0.1) is 5.41 Å². The van der Waals surface area contributed by atoms with E-state index in [1.54, 1.807) is 9.80 Å². The molecule has 0 unspecified atom stereocenters. The molecule has 1 aliphatic carbocycles. The van der Waals surface area contributed by atoms with E-state index in [1.165, 1.54) is 12.3 Å². The second-order valence-corrected chi connectivity index (χ2v) is 8.56. The third-order valence-electron chi connectivity index (χ3n) is 6.33. The normalized spacial score (nSPS) is 25.0. The molecule has 5 rings (SSSR count). The number of cyclic esters (lactones) is 1. The van der Waals surface area contributed by atoms with Gasteiger partial charge in [-0.3, -0.25) is 4.98 Å². The fourth-order valence-electron chi connectivity index (χ4n) is 4.88. The number of alkyl carbamates (subject to hydrolysis) is 1. The molecule has 1 N–H and O–H groups in total. The van der Waals surface area contributed by atoms with Crippen molar-refractivity contribution in [3.8, 4) is 0 Å². The van der Waals surface area contributed by atoms with Crippen molar-refractivity contribution in [2.24, 2.45) is 5.41 Å². The highest BCUT2D eigenvalue weighted by Crippen LogP contribution is 2.56. The van der Waals surface area contributed by atoms with Gasteiger partial charge in [-0.05, 0) is 30.4 Å². The Morgan fingerprint density at radius 2 is 1.86 bits per heavy atom. The summed E-state index contributed by atoms with van der Waals surface area (Å²) >= 11 is 0. The van der Waals surface area contributed by atoms with Crippen LogP contribution in [0.5, 0.6) is 0 Å². The number of hydrogen-bond donors (Lipinski definition) is 1. The Balaban J connectivity index is 1.11. The number of nitrogens with zero attached hydrogens (tertiary/aromatic N) is 3. The summed E-state index contributed by atoms with van der Waals surface area (Å²) in [6, 6.07) is 2.51. The lowest BCUT2D eigenvalue weighted by Crippen LogP contribution is -2.74. The predicted molar refractivity (Wildman–Crippen MR) is 89.4 cm³/mol. The molecule has 7 nitrogen and oxygen atoms in total. The van der Waals surface area contributed by atoms with Crippen LogP contribution >= 0.6 is 0 Å². The highest BCUT2D eigenvalue weighted by Gasteiger charge is 2.57. The molecule has 3 saturated heterocycles. The van der Waals surface area contributed by atoms with E-state index in [0.717, 1.165) is 24.5 Å². The zero-order chi connectivity index (χ0) is 19.7. The molecule has 3 amide bonds. The van der Waals surface area contributed by atoms with Gasteiger partial charge in [-0.2, -0.15) is 13.2 Å². The number of hydrogen-bond acceptors (Lipinski definition) is 4. The SMILES string of the molecule is O=C1NC2(CO1)CN(C(=O)N1CC3(CC(c4ccc(C(F)(F)F)nc4)C3)C1)C2. The van der Waals surface area contributed by atoms with Gasteiger partial charge in [0.25, 0.3) is 0 Å². The number of carbonyl (C=O) groups excluding carboxylic acids is 2. The van der Waals surface area contributed by atoms with Crippen molar-refractivity contribution in [2.45, 2.75) is 30.5 Å². The van der Waals surface area contributed by atoms with Crippen molar-refractivity contribution in [2.75, 3.05) is 32.8 Å². The fraction of sp³-hybridized carbons (Fsp3) is 0.611. The first-order chi connectivity index (χ1) is 13.2. The number of rotatable bonds is 1. The maximum absolute atomic E-state index is 12.6. The van der Waals surface area contributed by atoms with Gasteiger partial charge in [0.05, 0.1) is 13.1 Å². The summed E-state index contributed by atoms with van der Waals surface area (Å²) in [6.07, 6.45) is -1.82. The van der Waals surface area contributed by atoms with Crippen molar-refractivity contribution in [3.63, 3.8) is 0 Å². The minimum Gasteiger partial charge on any atom is -0.447 e. The topological polar surface area (TPSA) is 74.8 Å². The summed E-state index contributed by atoms with van der Waals surface area (Å²) in [7, 11) is 0. The minimum absolute atomic E-state index is 0.0305. The second-order valence-electron chi connectivity index (χ2n) is 8.56. The van der Waals surface area contributed by atoms with Gasteiger partial charge in [0, 0.05) is 24.7 Å². The van der Waals surface area contributed by atoms with Gasteiger partial charge in [-0.25, -0.2) is 9.59 Å². The van der Waals surface area contributed by atoms with Crippen LogP contribution in [-0.4, -0.2) is 65.2 Å². The molecule has 4 heterocycles. The standard InChI is InChI=1S/C18H19F3N4O3/c19-18(20,21)13-2-1-11(5-22-13)12-3-16(4-12)6-24(7-16)15(27)25-8-17(9-25)10-28-14(26)23-17/h1-2,5,12H,3-4,6-10H2,(H,23,26). The van der Waals surface area contributed by atoms with Crippen molar-refractivity contribution in [1.29, 1.82) is 0 Å². The van der Waals surface area contributed by atoms with Crippen molar-refractivity contribution < 1.29 is 27.5 Å². The molecule has 4 aliphatic rings. The van der Waals surface area contributed by atoms with Crippen LogP contribution in [0.2, 0.25) is 0 Å². The Labute approximate surface area is 158 Å². The van der Waals surface area contributed by atoms with Gasteiger partial charge in [0.2, 0.25) is 0 Å². The molecule has 0 bridgehead atoms. The van der Waals surface area contributed by atoms with Gasteiger partial charge in [-0.1, -0.05) is 6.07 Å². The number of aromatic nitrogens is 1. The van der Waals surface area contributed by atoms with Gasteiger partial charge in [0.15, 0.2) is 0 Å². The Kier molecular flexibility index (Phi) is 3.46. The quantitative estimate of drug-likeness (QED) is 0.790. The van der Waals surface area contributed by atoms with Crippen LogP contribution in [0.1, 0.15) is 30.0 Å². The molecule has 0 aromatic carbocycles. The minimum atomic E-state index is -4.42. The first-order valence-corrected chi connectivity index (χ1v) is 9.19. The van der Waals surface area contributed by atoms with Crippen LogP contribution in [0.15, 0.2) is 18.3 Å². The van der Waals surface area contributed by atoms with Gasteiger partial charge in [0.1, 0.15) is 17.8 Å². The number of halogens is 3. The smallest absolute Gasteiger partial charge is 0.433 e. The number of alkyl halides is 3. The van der Waals surface area contributed by atoms with E-state index in [-0.39, 0.29) is 17.4 Å². The molecule has 1 saturated carbocycles. The predicted octanol–water partition coefficient (Wildman–Crippen LogP) is 2.19. The molecule has 28 heavy (non-hydrogen) atoms. The maximum atomic E-state index is 12.6. The lowest BCUT2D eigenvalue weighted by Gasteiger charge is -2.60. The summed E-state index contributed by atoms with van der Waals surface area (Å²) in [5.74, 6) is 0.199. The van der Waals surface area contributed by atoms with Crippen molar-refractivity contribution in [3.05, 3.63) is 29.6 Å². The molecule has 0 atom stereocenters. The Hall–Kier alpha value is -2.52. The van der Waals surface area contributed by atoms with Crippen LogP contribution < -0.4 is 5.32 Å². The molecule has 150 valence electrons. The lowest BCUT2D eigenvalue weighted by atomic mass is 9.56. The average molecular weight is 396 g/mol. The number of likely N-dealkylation sites (tertiary alicyclic amines) is 2. The molecule has 10 heteroatoms. The van der Waals surface area contributed by atoms with E-state index in [4.69, 9.17) is 4.74 Å². The number of urea groups is 1. The molecule has 1 aromatic rings. The van der Waals surface area contributed by atoms with Gasteiger partial charge >= 0.3 is 18.3 Å². The summed E-state index contributed by atoms with van der Waals surface area (Å²) in [5, 5.41) is 2.75. The van der Waals surface area contributed by atoms with Gasteiger partial charge < -0.3 is 19.9 Å². The maximum Gasteiger partial charge on any atom is 0.433 e. The first-order valence-electron chi connectivity index (χ1n) is 9.19. The lowest BCUT2D eigenvalue weighted by molar-refractivity contribution is -0.141. The molecule has 3 aliphatic heterocycles. The van der Waals surface area contributed by atoms with E-state index in [2.05, 4.69) is 10.3 Å². The molecule has 4 fully saturated rings. The second kappa shape index (κ2) is 5.51. The van der Waals surface area contributed by atoms with Crippen LogP contribution in [0.3, 0.4) is 0 Å². The highest BCUT2D eigenvalue weighted by atomic mass is 19.4. The number of pyridine rings is 1. The molecule has 2 spiro atoms. The van der Waals surface area contributed by atoms with E-state index >= 15 is 0 Å². The van der Waals surface area contributed by atoms with E-state index in [9.17, 15) is 22.8 Å². The zero-order valence-electron chi connectivity index (χ0n) is 15.0. The summed E-state index contributed by atoms with van der Waals surface area (Å²) in [6.45, 7) is 2.55. The largest absolute Gasteiger partial charge is 0.447 e. The summed E-state index contributed by atoms with van der Waals surface area (Å²) in [4.78, 5) is 30.7. The number of ether oxygens (including phenoxy) is 1. The number of amides is 3. The van der Waals surface area contributed by atoms with Crippen molar-refractivity contribution in [1.82, 2.24) is 20.1 Å². The molecular formula is C18H19F3N4O3. The average Bonchev–Trinajstić information content (AvgIpc) is 2.92. The highest BCUT2D eigenvalue weighted by molar-refractivity contribution is 5.79. The van der Waals surface area contributed by atoms with E-state index < -0.39 is 23.5 Å². The molecule has 0 radical (unpaired) electrons. The van der Waals surface area contributed by atoms with Gasteiger partial charge in [-0.15, -0.1) is 0 Å². The third kappa shape index (κ3) is 2.68. The Morgan fingerprint density at radius 1 is 1.18 bits per heavy atom. The van der Waals surface area contributed by atoms with Crippen LogP contribution in [0.25, 0.3) is 0 Å². The van der Waals surface area contributed by atoms with Crippen LogP contribution in [0.4, 0.5) is 22.8 Å². The van der Waals surface area contributed by atoms with Crippen LogP contribution in [-0.2, 0) is 10.9 Å². The zero-order valence-corrected chi connectivity index (χ0v) is 15.0. The fourth-order valence-corrected chi connectivity index (χ4v) is 4.88. The van der Waals surface area contributed by atoms with E-state index in [0.29, 0.717) is 32.8 Å². The number of carbonyl (C=O) groups is 2. The first kappa shape index (κ1) is 17.6. The molecular weight excluding hydrogens is 377 g/mol. The Morgan fingerprint density at radius 3 is 2.39 bits per heavy atom.